The van der Waals surface area contributed by atoms with Crippen molar-refractivity contribution < 1.29 is 9.90 Å². The van der Waals surface area contributed by atoms with Crippen molar-refractivity contribution >= 4 is 32.7 Å². The zero-order valence-electron chi connectivity index (χ0n) is 10.2. The Morgan fingerprint density at radius 2 is 2.32 bits per heavy atom. The van der Waals surface area contributed by atoms with Gasteiger partial charge in [0.1, 0.15) is 0 Å². The van der Waals surface area contributed by atoms with Crippen molar-refractivity contribution in [3.63, 3.8) is 0 Å². The first kappa shape index (κ1) is 12.6. The largest absolute Gasteiger partial charge is 0.394 e. The summed E-state index contributed by atoms with van der Waals surface area (Å²) < 4.78 is 0.921. The minimum absolute atomic E-state index is 0.0262. The summed E-state index contributed by atoms with van der Waals surface area (Å²) in [7, 11) is 0. The molecule has 2 aromatic rings. The van der Waals surface area contributed by atoms with Gasteiger partial charge in [-0.1, -0.05) is 15.9 Å². The zero-order chi connectivity index (χ0) is 13.4. The highest BCUT2D eigenvalue weighted by atomic mass is 79.9. The number of aliphatic hydroxyl groups excluding tert-OH is 1. The molecule has 0 unspecified atom stereocenters. The molecule has 1 aliphatic rings. The number of likely N-dealkylation sites (tertiary alicyclic amines) is 1. The first-order valence-corrected chi connectivity index (χ1v) is 6.96. The lowest BCUT2D eigenvalue weighted by molar-refractivity contribution is 0.0297. The minimum Gasteiger partial charge on any atom is -0.394 e. The first-order valence-electron chi connectivity index (χ1n) is 6.17. The molecule has 2 heterocycles. The third kappa shape index (κ3) is 2.13. The van der Waals surface area contributed by atoms with Crippen LogP contribution in [0.15, 0.2) is 34.9 Å². The maximum atomic E-state index is 12.5. The molecule has 3 rings (SSSR count). The summed E-state index contributed by atoms with van der Waals surface area (Å²) >= 11 is 3.42. The Morgan fingerprint density at radius 1 is 1.47 bits per heavy atom. The second-order valence-corrected chi connectivity index (χ2v) is 5.56. The van der Waals surface area contributed by atoms with Gasteiger partial charge in [0.2, 0.25) is 0 Å². The molecule has 1 amide bonds. The molecule has 0 aliphatic carbocycles. The van der Waals surface area contributed by atoms with Gasteiger partial charge >= 0.3 is 0 Å². The van der Waals surface area contributed by atoms with Crippen molar-refractivity contribution in [3.8, 4) is 0 Å². The van der Waals surface area contributed by atoms with Crippen molar-refractivity contribution in [2.75, 3.05) is 13.2 Å². The molecular weight excluding hydrogens is 308 g/mol. The van der Waals surface area contributed by atoms with E-state index in [1.807, 2.05) is 18.2 Å². The van der Waals surface area contributed by atoms with E-state index in [1.54, 1.807) is 17.2 Å². The van der Waals surface area contributed by atoms with Crippen molar-refractivity contribution in [1.82, 2.24) is 9.88 Å². The van der Waals surface area contributed by atoms with Crippen molar-refractivity contribution in [1.29, 1.82) is 0 Å². The molecule has 0 bridgehead atoms. The summed E-state index contributed by atoms with van der Waals surface area (Å²) in [6.45, 7) is 0.736. The van der Waals surface area contributed by atoms with E-state index in [2.05, 4.69) is 20.9 Å². The fourth-order valence-corrected chi connectivity index (χ4v) is 2.72. The number of rotatable bonds is 2. The van der Waals surface area contributed by atoms with Crippen LogP contribution in [0.5, 0.6) is 0 Å². The van der Waals surface area contributed by atoms with Crippen molar-refractivity contribution in [2.24, 2.45) is 0 Å². The van der Waals surface area contributed by atoms with Crippen LogP contribution in [0.25, 0.3) is 10.9 Å². The molecular formula is C14H13BrN2O2. The lowest BCUT2D eigenvalue weighted by Crippen LogP contribution is -2.52. The molecule has 98 valence electrons. The molecule has 1 aromatic carbocycles. The topological polar surface area (TPSA) is 53.4 Å². The second-order valence-electron chi connectivity index (χ2n) is 4.64. The monoisotopic (exact) mass is 320 g/mol. The summed E-state index contributed by atoms with van der Waals surface area (Å²) in [5.41, 5.74) is 1.44. The third-order valence-corrected chi connectivity index (χ3v) is 4.04. The molecule has 0 spiro atoms. The predicted octanol–water partition coefficient (Wildman–Crippen LogP) is 2.20. The Bertz CT molecular complexity index is 642. The van der Waals surface area contributed by atoms with Gasteiger partial charge in [-0.2, -0.15) is 0 Å². The van der Waals surface area contributed by atoms with E-state index in [9.17, 15) is 9.90 Å². The summed E-state index contributed by atoms with van der Waals surface area (Å²) in [5.74, 6) is -0.0317. The average molecular weight is 321 g/mol. The van der Waals surface area contributed by atoms with Crippen LogP contribution >= 0.6 is 15.9 Å². The first-order chi connectivity index (χ1) is 9.20. The van der Waals surface area contributed by atoms with Crippen LogP contribution in [0, 0.1) is 0 Å². The zero-order valence-corrected chi connectivity index (χ0v) is 11.8. The van der Waals surface area contributed by atoms with Gasteiger partial charge in [-0.15, -0.1) is 0 Å². The molecule has 1 aliphatic heterocycles. The normalized spacial score (nSPS) is 18.4. The van der Waals surface area contributed by atoms with Crippen molar-refractivity contribution in [2.45, 2.75) is 12.5 Å². The molecule has 4 nitrogen and oxygen atoms in total. The van der Waals surface area contributed by atoms with E-state index in [0.717, 1.165) is 21.8 Å². The fourth-order valence-electron chi connectivity index (χ4n) is 2.36. The van der Waals surface area contributed by atoms with Crippen LogP contribution in [0.1, 0.15) is 16.8 Å². The lowest BCUT2D eigenvalue weighted by Gasteiger charge is -2.40. The number of amides is 1. The Kier molecular flexibility index (Phi) is 3.24. The molecule has 19 heavy (non-hydrogen) atoms. The highest BCUT2D eigenvalue weighted by Crippen LogP contribution is 2.26. The highest BCUT2D eigenvalue weighted by molar-refractivity contribution is 9.10. The van der Waals surface area contributed by atoms with Gasteiger partial charge in [0.15, 0.2) is 0 Å². The summed E-state index contributed by atoms with van der Waals surface area (Å²) in [6, 6.07) is 7.40. The Morgan fingerprint density at radius 3 is 3.00 bits per heavy atom. The number of hydrogen-bond donors (Lipinski definition) is 1. The molecule has 1 fully saturated rings. The average Bonchev–Trinajstić information content (AvgIpc) is 2.37. The van der Waals surface area contributed by atoms with Crippen LogP contribution < -0.4 is 0 Å². The Labute approximate surface area is 119 Å². The van der Waals surface area contributed by atoms with E-state index < -0.39 is 0 Å². The summed E-state index contributed by atoms with van der Waals surface area (Å²) in [5, 5.41) is 10.0. The predicted molar refractivity (Wildman–Crippen MR) is 76.0 cm³/mol. The van der Waals surface area contributed by atoms with Crippen LogP contribution in [0.4, 0.5) is 0 Å². The minimum atomic E-state index is -0.0390. The van der Waals surface area contributed by atoms with Crippen LogP contribution in [-0.4, -0.2) is 40.1 Å². The number of halogens is 1. The number of aromatic nitrogens is 1. The maximum Gasteiger partial charge on any atom is 0.254 e. The molecule has 0 radical (unpaired) electrons. The molecule has 5 heteroatoms. The van der Waals surface area contributed by atoms with Gasteiger partial charge in [0, 0.05) is 22.6 Å². The molecule has 1 N–H and O–H groups in total. The quantitative estimate of drug-likeness (QED) is 0.923. The molecule has 1 aromatic heterocycles. The van der Waals surface area contributed by atoms with Gasteiger partial charge in [-0.25, -0.2) is 0 Å². The molecule has 1 atom stereocenters. The number of carbonyl (C=O) groups is 1. The van der Waals surface area contributed by atoms with Gasteiger partial charge in [0.25, 0.3) is 5.91 Å². The number of fused-ring (bicyclic) bond motifs is 1. The number of hydrogen-bond acceptors (Lipinski definition) is 3. The van der Waals surface area contributed by atoms with E-state index in [1.165, 1.54) is 0 Å². The van der Waals surface area contributed by atoms with Crippen molar-refractivity contribution in [3.05, 3.63) is 40.5 Å². The fraction of sp³-hybridized carbons (Fsp3) is 0.286. The van der Waals surface area contributed by atoms with Crippen LogP contribution in [0.2, 0.25) is 0 Å². The lowest BCUT2D eigenvalue weighted by atomic mass is 10.0. The Balaban J connectivity index is 2.05. The smallest absolute Gasteiger partial charge is 0.254 e. The van der Waals surface area contributed by atoms with E-state index in [4.69, 9.17) is 0 Å². The SMILES string of the molecule is O=C(c1ccnc2ccc(Br)cc12)N1CC[C@H]1CO. The van der Waals surface area contributed by atoms with Gasteiger partial charge in [-0.3, -0.25) is 9.78 Å². The number of benzene rings is 1. The van der Waals surface area contributed by atoms with E-state index >= 15 is 0 Å². The standard InChI is InChI=1S/C14H13BrN2O2/c15-9-1-2-13-12(7-9)11(3-5-16-13)14(19)17-6-4-10(17)8-18/h1-3,5,7,10,18H,4,6,8H2/t10-/m0/s1. The molecule has 1 saturated heterocycles. The van der Waals surface area contributed by atoms with Gasteiger partial charge in [0.05, 0.1) is 23.7 Å². The number of carbonyl (C=O) groups excluding carboxylic acids is 1. The van der Waals surface area contributed by atoms with Gasteiger partial charge in [-0.05, 0) is 30.7 Å². The van der Waals surface area contributed by atoms with Crippen LogP contribution in [0.3, 0.4) is 0 Å². The Hall–Kier alpha value is -1.46. The molecule has 0 saturated carbocycles. The number of nitrogens with zero attached hydrogens (tertiary/aromatic N) is 2. The second kappa shape index (κ2) is 4.90. The highest BCUT2D eigenvalue weighted by Gasteiger charge is 2.32. The van der Waals surface area contributed by atoms with Gasteiger partial charge < -0.3 is 10.0 Å². The summed E-state index contributed by atoms with van der Waals surface area (Å²) in [4.78, 5) is 18.5. The third-order valence-electron chi connectivity index (χ3n) is 3.55. The van der Waals surface area contributed by atoms with E-state index in [0.29, 0.717) is 12.1 Å². The summed E-state index contributed by atoms with van der Waals surface area (Å²) in [6.07, 6.45) is 2.52. The maximum absolute atomic E-state index is 12.5. The number of aliphatic hydroxyl groups is 1. The number of pyridine rings is 1. The van der Waals surface area contributed by atoms with Crippen LogP contribution in [-0.2, 0) is 0 Å². The van der Waals surface area contributed by atoms with E-state index in [-0.39, 0.29) is 18.6 Å².